The van der Waals surface area contributed by atoms with Crippen molar-refractivity contribution in [2.75, 3.05) is 5.32 Å². The first kappa shape index (κ1) is 17.5. The number of aryl methyl sites for hydroxylation is 2. The van der Waals surface area contributed by atoms with Gasteiger partial charge in [0.25, 0.3) is 0 Å². The summed E-state index contributed by atoms with van der Waals surface area (Å²) >= 11 is 0. The predicted octanol–water partition coefficient (Wildman–Crippen LogP) is 2.63. The minimum absolute atomic E-state index is 0.0316. The number of carbonyl (C=O) groups is 2. The first-order chi connectivity index (χ1) is 11.0. The number of hydrogen-bond donors (Lipinski definition) is 2. The van der Waals surface area contributed by atoms with Crippen LogP contribution in [0.1, 0.15) is 58.1 Å². The molecule has 2 rings (SSSR count). The maximum absolute atomic E-state index is 12.5. The fourth-order valence-corrected chi connectivity index (χ4v) is 3.02. The largest absolute Gasteiger partial charge is 0.353 e. The van der Waals surface area contributed by atoms with Crippen LogP contribution in [0.5, 0.6) is 0 Å². The van der Waals surface area contributed by atoms with Gasteiger partial charge in [-0.2, -0.15) is 5.10 Å². The van der Waals surface area contributed by atoms with Crippen molar-refractivity contribution < 1.29 is 9.59 Å². The Hall–Kier alpha value is -1.85. The van der Waals surface area contributed by atoms with Gasteiger partial charge in [0.15, 0.2) is 0 Å². The molecule has 1 saturated heterocycles. The summed E-state index contributed by atoms with van der Waals surface area (Å²) in [6, 6.07) is 1.99. The summed E-state index contributed by atoms with van der Waals surface area (Å²) in [6.45, 7) is 6.92. The van der Waals surface area contributed by atoms with E-state index in [2.05, 4.69) is 22.7 Å². The predicted molar refractivity (Wildman–Crippen MR) is 90.1 cm³/mol. The number of unbranched alkanes of at least 4 members (excludes halogenated alkanes) is 2. The van der Waals surface area contributed by atoms with Crippen LogP contribution in [0.4, 0.5) is 5.82 Å². The third kappa shape index (κ3) is 4.81. The highest BCUT2D eigenvalue weighted by atomic mass is 16.2. The van der Waals surface area contributed by atoms with Crippen LogP contribution in [0.3, 0.4) is 0 Å². The van der Waals surface area contributed by atoms with Gasteiger partial charge in [0.05, 0.1) is 5.69 Å². The Bertz CT molecular complexity index is 553. The van der Waals surface area contributed by atoms with Gasteiger partial charge in [-0.1, -0.05) is 26.7 Å². The van der Waals surface area contributed by atoms with Crippen molar-refractivity contribution in [2.45, 2.75) is 71.9 Å². The zero-order chi connectivity index (χ0) is 16.8. The van der Waals surface area contributed by atoms with Crippen molar-refractivity contribution in [3.05, 3.63) is 11.8 Å². The highest BCUT2D eigenvalue weighted by Gasteiger charge is 2.30. The molecule has 2 heterocycles. The van der Waals surface area contributed by atoms with Crippen molar-refractivity contribution in [2.24, 2.45) is 5.92 Å². The number of nitrogens with zero attached hydrogens (tertiary/aromatic N) is 2. The number of rotatable bonds is 7. The van der Waals surface area contributed by atoms with Gasteiger partial charge >= 0.3 is 0 Å². The molecule has 23 heavy (non-hydrogen) atoms. The van der Waals surface area contributed by atoms with Crippen LogP contribution in [0.2, 0.25) is 0 Å². The Morgan fingerprint density at radius 3 is 2.91 bits per heavy atom. The number of piperidine rings is 1. The summed E-state index contributed by atoms with van der Waals surface area (Å²) in [4.78, 5) is 24.3. The molecule has 0 bridgehead atoms. The van der Waals surface area contributed by atoms with Gasteiger partial charge in [-0.15, -0.1) is 0 Å². The zero-order valence-electron chi connectivity index (χ0n) is 14.4. The molecular weight excluding hydrogens is 292 g/mol. The van der Waals surface area contributed by atoms with E-state index in [0.717, 1.165) is 43.7 Å². The third-order valence-electron chi connectivity index (χ3n) is 4.36. The number of carbonyl (C=O) groups excluding carboxylic acids is 2. The first-order valence-electron chi connectivity index (χ1n) is 8.68. The lowest BCUT2D eigenvalue weighted by atomic mass is 9.90. The quantitative estimate of drug-likeness (QED) is 0.758. The number of amides is 2. The van der Waals surface area contributed by atoms with E-state index in [1.807, 2.05) is 24.6 Å². The Balaban J connectivity index is 2.00. The van der Waals surface area contributed by atoms with Gasteiger partial charge in [0, 0.05) is 31.0 Å². The molecule has 2 atom stereocenters. The lowest BCUT2D eigenvalue weighted by molar-refractivity contribution is -0.130. The highest BCUT2D eigenvalue weighted by molar-refractivity contribution is 5.95. The van der Waals surface area contributed by atoms with Crippen LogP contribution in [0.15, 0.2) is 6.07 Å². The lowest BCUT2D eigenvalue weighted by Crippen LogP contribution is -2.45. The van der Waals surface area contributed by atoms with Gasteiger partial charge in [-0.3, -0.25) is 9.59 Å². The summed E-state index contributed by atoms with van der Waals surface area (Å²) in [5.74, 6) is 0.376. The number of nitrogens with one attached hydrogen (secondary N) is 2. The zero-order valence-corrected chi connectivity index (χ0v) is 14.4. The lowest BCUT2D eigenvalue weighted by Gasteiger charge is -2.28. The number of anilines is 1. The van der Waals surface area contributed by atoms with Gasteiger partial charge in [0.1, 0.15) is 5.82 Å². The second-order valence-corrected chi connectivity index (χ2v) is 6.40. The molecule has 1 aliphatic heterocycles. The minimum atomic E-state index is -0.256. The second kappa shape index (κ2) is 8.13. The maximum Gasteiger partial charge on any atom is 0.229 e. The van der Waals surface area contributed by atoms with Crippen LogP contribution in [-0.4, -0.2) is 27.6 Å². The molecule has 1 aromatic heterocycles. The number of aromatic nitrogens is 2. The average molecular weight is 320 g/mol. The highest BCUT2D eigenvalue weighted by Crippen LogP contribution is 2.21. The van der Waals surface area contributed by atoms with E-state index < -0.39 is 0 Å². The van der Waals surface area contributed by atoms with Crippen molar-refractivity contribution >= 4 is 17.6 Å². The van der Waals surface area contributed by atoms with E-state index in [0.29, 0.717) is 6.42 Å². The van der Waals surface area contributed by atoms with Gasteiger partial charge in [-0.25, -0.2) is 4.68 Å². The normalized spacial score (nSPS) is 21.1. The molecular formula is C17H28N4O2. The molecule has 1 aromatic rings. The van der Waals surface area contributed by atoms with Crippen LogP contribution in [0.25, 0.3) is 0 Å². The average Bonchev–Trinajstić information content (AvgIpc) is 2.86. The van der Waals surface area contributed by atoms with E-state index in [1.54, 1.807) is 0 Å². The summed E-state index contributed by atoms with van der Waals surface area (Å²) in [6.07, 6.45) is 5.17. The molecule has 2 N–H and O–H groups in total. The topological polar surface area (TPSA) is 76.0 Å². The van der Waals surface area contributed by atoms with Crippen molar-refractivity contribution in [3.63, 3.8) is 0 Å². The maximum atomic E-state index is 12.5. The fourth-order valence-electron chi connectivity index (χ4n) is 3.02. The van der Waals surface area contributed by atoms with E-state index >= 15 is 0 Å². The molecule has 128 valence electrons. The Labute approximate surface area is 138 Å². The third-order valence-corrected chi connectivity index (χ3v) is 4.36. The van der Waals surface area contributed by atoms with Crippen molar-refractivity contribution in [1.82, 2.24) is 15.1 Å². The standard InChI is InChI=1S/C17H28N4O2/c1-4-6-7-8-21-15(9-12(3)20-21)19-17(23)13-10-14(5-2)18-16(22)11-13/h9,13-14H,4-8,10-11H2,1-3H3,(H,18,22)(H,19,23)/t13-,14+/m1/s1. The van der Waals surface area contributed by atoms with Crippen LogP contribution in [0, 0.1) is 12.8 Å². The van der Waals surface area contributed by atoms with Gasteiger partial charge in [-0.05, 0) is 26.2 Å². The molecule has 0 saturated carbocycles. The minimum Gasteiger partial charge on any atom is -0.353 e. The van der Waals surface area contributed by atoms with Crippen LogP contribution < -0.4 is 10.6 Å². The summed E-state index contributed by atoms with van der Waals surface area (Å²) in [5.41, 5.74) is 0.893. The molecule has 1 fully saturated rings. The number of hydrogen-bond acceptors (Lipinski definition) is 3. The molecule has 0 aliphatic carbocycles. The molecule has 2 amide bonds. The summed E-state index contributed by atoms with van der Waals surface area (Å²) < 4.78 is 1.86. The molecule has 6 nitrogen and oxygen atoms in total. The van der Waals surface area contributed by atoms with Crippen LogP contribution in [-0.2, 0) is 16.1 Å². The van der Waals surface area contributed by atoms with Gasteiger partial charge in [0.2, 0.25) is 11.8 Å². The van der Waals surface area contributed by atoms with E-state index in [4.69, 9.17) is 0 Å². The Morgan fingerprint density at radius 2 is 2.22 bits per heavy atom. The fraction of sp³-hybridized carbons (Fsp3) is 0.706. The summed E-state index contributed by atoms with van der Waals surface area (Å²) in [7, 11) is 0. The van der Waals surface area contributed by atoms with E-state index in [1.165, 1.54) is 0 Å². The van der Waals surface area contributed by atoms with E-state index in [-0.39, 0.29) is 30.2 Å². The first-order valence-corrected chi connectivity index (χ1v) is 8.68. The summed E-state index contributed by atoms with van der Waals surface area (Å²) in [5, 5.41) is 10.4. The molecule has 0 spiro atoms. The second-order valence-electron chi connectivity index (χ2n) is 6.40. The molecule has 0 radical (unpaired) electrons. The van der Waals surface area contributed by atoms with Crippen molar-refractivity contribution in [3.8, 4) is 0 Å². The molecule has 6 heteroatoms. The molecule has 1 aliphatic rings. The SMILES string of the molecule is CCCCCn1nc(C)cc1NC(=O)[C@H]1CC(=O)N[C@@H](CC)C1. The van der Waals surface area contributed by atoms with E-state index in [9.17, 15) is 9.59 Å². The van der Waals surface area contributed by atoms with Crippen LogP contribution >= 0.6 is 0 Å². The smallest absolute Gasteiger partial charge is 0.229 e. The molecule has 0 aromatic carbocycles. The monoisotopic (exact) mass is 320 g/mol. The Kier molecular flexibility index (Phi) is 6.19. The van der Waals surface area contributed by atoms with Gasteiger partial charge < -0.3 is 10.6 Å². The van der Waals surface area contributed by atoms with Crippen molar-refractivity contribution in [1.29, 1.82) is 0 Å². The molecule has 0 unspecified atom stereocenters. The Morgan fingerprint density at radius 1 is 1.43 bits per heavy atom.